The van der Waals surface area contributed by atoms with E-state index in [1.54, 1.807) is 20.3 Å². The van der Waals surface area contributed by atoms with Crippen LogP contribution in [0.1, 0.15) is 17.9 Å². The van der Waals surface area contributed by atoms with E-state index in [0.717, 1.165) is 17.7 Å². The fraction of sp³-hybridized carbons (Fsp3) is 0.455. The van der Waals surface area contributed by atoms with E-state index in [0.29, 0.717) is 16.7 Å². The van der Waals surface area contributed by atoms with E-state index in [-0.39, 0.29) is 6.04 Å². The summed E-state index contributed by atoms with van der Waals surface area (Å²) >= 11 is 6.00. The van der Waals surface area contributed by atoms with Crippen LogP contribution in [0.15, 0.2) is 12.1 Å². The minimum atomic E-state index is 0.224. The second kappa shape index (κ2) is 3.91. The summed E-state index contributed by atoms with van der Waals surface area (Å²) in [6.07, 6.45) is 0.986. The van der Waals surface area contributed by atoms with Crippen LogP contribution in [0, 0.1) is 0 Å². The van der Waals surface area contributed by atoms with Gasteiger partial charge >= 0.3 is 0 Å². The van der Waals surface area contributed by atoms with Crippen molar-refractivity contribution in [3.05, 3.63) is 22.7 Å². The van der Waals surface area contributed by atoms with Crippen LogP contribution in [-0.2, 0) is 0 Å². The molecule has 0 aromatic heterocycles. The second-order valence-electron chi connectivity index (χ2n) is 3.74. The van der Waals surface area contributed by atoms with Crippen molar-refractivity contribution in [2.24, 2.45) is 5.73 Å². The summed E-state index contributed by atoms with van der Waals surface area (Å²) in [5, 5.41) is 0.654. The first-order valence-corrected chi connectivity index (χ1v) is 5.22. The Morgan fingerprint density at radius 1 is 1.33 bits per heavy atom. The maximum absolute atomic E-state index is 6.00. The van der Waals surface area contributed by atoms with Crippen LogP contribution in [-0.4, -0.2) is 20.3 Å². The predicted octanol–water partition coefficient (Wildman–Crippen LogP) is 2.17. The summed E-state index contributed by atoms with van der Waals surface area (Å²) in [6, 6.07) is 3.88. The minimum absolute atomic E-state index is 0.224. The topological polar surface area (TPSA) is 44.5 Å². The zero-order valence-corrected chi connectivity index (χ0v) is 9.54. The SMILES string of the molecule is COc1cc(Cl)cc([C@@H]2C[C@H]2N)c1OC. The third kappa shape index (κ3) is 1.90. The first kappa shape index (κ1) is 10.6. The molecule has 82 valence electrons. The van der Waals surface area contributed by atoms with Gasteiger partial charge in [0.25, 0.3) is 0 Å². The smallest absolute Gasteiger partial charge is 0.164 e. The molecule has 1 aromatic rings. The molecule has 0 heterocycles. The molecule has 2 rings (SSSR count). The van der Waals surface area contributed by atoms with Crippen LogP contribution in [0.4, 0.5) is 0 Å². The van der Waals surface area contributed by atoms with E-state index in [9.17, 15) is 0 Å². The lowest BCUT2D eigenvalue weighted by molar-refractivity contribution is 0.351. The Morgan fingerprint density at radius 3 is 2.47 bits per heavy atom. The quantitative estimate of drug-likeness (QED) is 0.861. The molecule has 0 aliphatic heterocycles. The van der Waals surface area contributed by atoms with Gasteiger partial charge in [-0.15, -0.1) is 0 Å². The minimum Gasteiger partial charge on any atom is -0.493 e. The largest absolute Gasteiger partial charge is 0.493 e. The summed E-state index contributed by atoms with van der Waals surface area (Å²) in [5.74, 6) is 1.77. The second-order valence-corrected chi connectivity index (χ2v) is 4.17. The third-order valence-corrected chi connectivity index (χ3v) is 2.93. The molecule has 1 aliphatic carbocycles. The van der Waals surface area contributed by atoms with E-state index in [1.165, 1.54) is 0 Å². The third-order valence-electron chi connectivity index (χ3n) is 2.71. The molecule has 3 nitrogen and oxygen atoms in total. The van der Waals surface area contributed by atoms with E-state index in [4.69, 9.17) is 26.8 Å². The number of nitrogens with two attached hydrogens (primary N) is 1. The van der Waals surface area contributed by atoms with Crippen LogP contribution in [0.3, 0.4) is 0 Å². The van der Waals surface area contributed by atoms with Crippen molar-refractivity contribution in [3.63, 3.8) is 0 Å². The van der Waals surface area contributed by atoms with Gasteiger partial charge in [0.1, 0.15) is 0 Å². The standard InChI is InChI=1S/C11H14ClNO2/c1-14-10-4-6(12)3-8(11(10)15-2)7-5-9(7)13/h3-4,7,9H,5,13H2,1-2H3/t7-,9+/m0/s1. The van der Waals surface area contributed by atoms with E-state index in [2.05, 4.69) is 0 Å². The molecule has 0 saturated heterocycles. The summed E-state index contributed by atoms with van der Waals surface area (Å²) in [5.41, 5.74) is 6.87. The maximum atomic E-state index is 6.00. The Morgan fingerprint density at radius 2 is 2.00 bits per heavy atom. The van der Waals surface area contributed by atoms with Gasteiger partial charge in [-0.3, -0.25) is 0 Å². The van der Waals surface area contributed by atoms with Crippen LogP contribution >= 0.6 is 11.6 Å². The van der Waals surface area contributed by atoms with Crippen LogP contribution in [0.5, 0.6) is 11.5 Å². The monoisotopic (exact) mass is 227 g/mol. The first-order chi connectivity index (χ1) is 7.17. The lowest BCUT2D eigenvalue weighted by Gasteiger charge is -2.13. The fourth-order valence-electron chi connectivity index (χ4n) is 1.81. The lowest BCUT2D eigenvalue weighted by atomic mass is 10.1. The molecule has 15 heavy (non-hydrogen) atoms. The highest BCUT2D eigenvalue weighted by molar-refractivity contribution is 6.30. The zero-order valence-electron chi connectivity index (χ0n) is 8.79. The Labute approximate surface area is 94.1 Å². The average molecular weight is 228 g/mol. The number of hydrogen-bond donors (Lipinski definition) is 1. The number of halogens is 1. The number of ether oxygens (including phenoxy) is 2. The average Bonchev–Trinajstić information content (AvgIpc) is 2.94. The summed E-state index contributed by atoms with van der Waals surface area (Å²) in [4.78, 5) is 0. The molecule has 1 fully saturated rings. The number of hydrogen-bond acceptors (Lipinski definition) is 3. The first-order valence-electron chi connectivity index (χ1n) is 4.84. The molecule has 2 N–H and O–H groups in total. The molecule has 1 aliphatic rings. The van der Waals surface area contributed by atoms with E-state index in [1.807, 2.05) is 6.07 Å². The zero-order chi connectivity index (χ0) is 11.0. The van der Waals surface area contributed by atoms with Crippen molar-refractivity contribution < 1.29 is 9.47 Å². The summed E-state index contributed by atoms with van der Waals surface area (Å²) in [7, 11) is 3.23. The molecule has 0 amide bonds. The van der Waals surface area contributed by atoms with Crippen molar-refractivity contribution in [1.82, 2.24) is 0 Å². The Balaban J connectivity index is 2.46. The van der Waals surface area contributed by atoms with Crippen molar-refractivity contribution in [1.29, 1.82) is 0 Å². The molecule has 1 aromatic carbocycles. The van der Waals surface area contributed by atoms with Gasteiger partial charge in [-0.05, 0) is 12.5 Å². The van der Waals surface area contributed by atoms with Crippen LogP contribution in [0.2, 0.25) is 5.02 Å². The van der Waals surface area contributed by atoms with Gasteiger partial charge in [0.2, 0.25) is 0 Å². The molecule has 0 unspecified atom stereocenters. The highest BCUT2D eigenvalue weighted by Crippen LogP contribution is 2.47. The highest BCUT2D eigenvalue weighted by atomic mass is 35.5. The van der Waals surface area contributed by atoms with Crippen molar-refractivity contribution in [2.45, 2.75) is 18.4 Å². The molecule has 4 heteroatoms. The molecule has 1 saturated carbocycles. The molecular formula is C11H14ClNO2. The van der Waals surface area contributed by atoms with Gasteiger partial charge < -0.3 is 15.2 Å². The van der Waals surface area contributed by atoms with Crippen molar-refractivity contribution in [3.8, 4) is 11.5 Å². The fourth-order valence-corrected chi connectivity index (χ4v) is 2.02. The Bertz CT molecular complexity index is 381. The van der Waals surface area contributed by atoms with Gasteiger partial charge in [0.15, 0.2) is 11.5 Å². The van der Waals surface area contributed by atoms with Crippen LogP contribution in [0.25, 0.3) is 0 Å². The molecule has 0 radical (unpaired) electrons. The Hall–Kier alpha value is -0.930. The summed E-state index contributed by atoms with van der Waals surface area (Å²) in [6.45, 7) is 0. The van der Waals surface area contributed by atoms with Crippen LogP contribution < -0.4 is 15.2 Å². The normalized spacial score (nSPS) is 23.7. The molecule has 2 atom stereocenters. The van der Waals surface area contributed by atoms with E-state index >= 15 is 0 Å². The molecule has 0 bridgehead atoms. The highest BCUT2D eigenvalue weighted by Gasteiger charge is 2.38. The van der Waals surface area contributed by atoms with E-state index < -0.39 is 0 Å². The maximum Gasteiger partial charge on any atom is 0.164 e. The van der Waals surface area contributed by atoms with Gasteiger partial charge in [0.05, 0.1) is 14.2 Å². The molecule has 0 spiro atoms. The number of rotatable bonds is 3. The predicted molar refractivity (Wildman–Crippen MR) is 59.9 cm³/mol. The lowest BCUT2D eigenvalue weighted by Crippen LogP contribution is -2.03. The van der Waals surface area contributed by atoms with Gasteiger partial charge in [-0.25, -0.2) is 0 Å². The van der Waals surface area contributed by atoms with Gasteiger partial charge in [-0.2, -0.15) is 0 Å². The molecular weight excluding hydrogens is 214 g/mol. The van der Waals surface area contributed by atoms with Gasteiger partial charge in [0, 0.05) is 28.6 Å². The van der Waals surface area contributed by atoms with Crippen molar-refractivity contribution in [2.75, 3.05) is 14.2 Å². The summed E-state index contributed by atoms with van der Waals surface area (Å²) < 4.78 is 10.6. The van der Waals surface area contributed by atoms with Gasteiger partial charge in [-0.1, -0.05) is 11.6 Å². The number of benzene rings is 1. The Kier molecular flexibility index (Phi) is 2.76. The van der Waals surface area contributed by atoms with Crippen molar-refractivity contribution >= 4 is 11.6 Å². The number of methoxy groups -OCH3 is 2.